The van der Waals surface area contributed by atoms with Crippen LogP contribution in [-0.2, 0) is 5.75 Å². The first-order chi connectivity index (χ1) is 20.8. The molecule has 4 heterocycles. The van der Waals surface area contributed by atoms with Gasteiger partial charge in [0.25, 0.3) is 16.8 Å². The summed E-state index contributed by atoms with van der Waals surface area (Å²) in [5.74, 6) is 0.335. The molecule has 0 spiro atoms. The molecule has 2 fully saturated rings. The SMILES string of the molecule is CN1CCN(c2cc3c(cc2F)c(=O)c(-c2nnc(SCc4nnc(-c5ccc([N+](=O)[O-])cc5)o4)o2)cn3C2CC2)CC1. The molecule has 13 nitrogen and oxygen atoms in total. The number of nitro benzene ring substituents is 1. The average molecular weight is 605 g/mol. The summed E-state index contributed by atoms with van der Waals surface area (Å²) < 4.78 is 28.9. The molecule has 1 aliphatic heterocycles. The first kappa shape index (κ1) is 27.2. The zero-order valence-electron chi connectivity index (χ0n) is 23.0. The molecule has 7 rings (SSSR count). The first-order valence-corrected chi connectivity index (χ1v) is 14.7. The zero-order chi connectivity index (χ0) is 29.7. The Balaban J connectivity index is 1.12. The molecule has 220 valence electrons. The standard InChI is InChI=1S/C28H25FN8O5S/c1-34-8-10-35(11-9-34)23-13-22-19(12-21(23)29)25(38)20(14-36(22)17-6-7-17)27-32-33-28(42-27)43-15-24-30-31-26(41-24)16-2-4-18(5-3-16)37(39)40/h2-5,12-14,17H,6-11,15H2,1H3. The molecular formula is C28H25FN8O5S. The van der Waals surface area contributed by atoms with E-state index < -0.39 is 10.7 Å². The normalized spacial score (nSPS) is 15.8. The molecule has 0 amide bonds. The van der Waals surface area contributed by atoms with E-state index in [4.69, 9.17) is 8.83 Å². The molecular weight excluding hydrogens is 579 g/mol. The van der Waals surface area contributed by atoms with Gasteiger partial charge in [-0.15, -0.1) is 20.4 Å². The molecule has 1 saturated carbocycles. The maximum atomic E-state index is 15.4. The van der Waals surface area contributed by atoms with Crippen molar-refractivity contribution in [1.29, 1.82) is 0 Å². The smallest absolute Gasteiger partial charge is 0.277 e. The van der Waals surface area contributed by atoms with Crippen LogP contribution < -0.4 is 10.3 Å². The third kappa shape index (κ3) is 5.36. The molecule has 0 N–H and O–H groups in total. The van der Waals surface area contributed by atoms with Crippen LogP contribution in [0.15, 0.2) is 61.4 Å². The third-order valence-electron chi connectivity index (χ3n) is 7.63. The number of fused-ring (bicyclic) bond motifs is 1. The number of pyridine rings is 1. The van der Waals surface area contributed by atoms with Gasteiger partial charge in [0.15, 0.2) is 0 Å². The van der Waals surface area contributed by atoms with E-state index in [0.717, 1.165) is 50.8 Å². The summed E-state index contributed by atoms with van der Waals surface area (Å²) in [4.78, 5) is 28.2. The molecule has 1 aliphatic carbocycles. The number of thioether (sulfide) groups is 1. The van der Waals surface area contributed by atoms with E-state index in [1.165, 1.54) is 30.3 Å². The number of rotatable bonds is 8. The summed E-state index contributed by atoms with van der Waals surface area (Å²) in [6.07, 6.45) is 3.68. The molecule has 5 aromatic rings. The predicted molar refractivity (Wildman–Crippen MR) is 155 cm³/mol. The number of nitro groups is 1. The van der Waals surface area contributed by atoms with Gasteiger partial charge in [-0.05, 0) is 44.2 Å². The topological polar surface area (TPSA) is 149 Å². The molecule has 2 aromatic carbocycles. The van der Waals surface area contributed by atoms with E-state index >= 15 is 4.39 Å². The lowest BCUT2D eigenvalue weighted by molar-refractivity contribution is -0.384. The van der Waals surface area contributed by atoms with Gasteiger partial charge in [-0.25, -0.2) is 4.39 Å². The Morgan fingerprint density at radius 1 is 1.02 bits per heavy atom. The number of aromatic nitrogens is 5. The first-order valence-electron chi connectivity index (χ1n) is 13.7. The van der Waals surface area contributed by atoms with Gasteiger partial charge < -0.3 is 23.2 Å². The van der Waals surface area contributed by atoms with Gasteiger partial charge in [-0.3, -0.25) is 14.9 Å². The quantitative estimate of drug-likeness (QED) is 0.139. The number of likely N-dealkylation sites (N-methyl/N-ethyl adjacent to an activating group) is 1. The molecule has 0 atom stereocenters. The van der Waals surface area contributed by atoms with Crippen molar-refractivity contribution in [1.82, 2.24) is 29.9 Å². The van der Waals surface area contributed by atoms with E-state index in [-0.39, 0.29) is 56.8 Å². The van der Waals surface area contributed by atoms with E-state index in [2.05, 4.69) is 25.3 Å². The number of hydrogen-bond donors (Lipinski definition) is 0. The Hall–Kier alpha value is -4.63. The average Bonchev–Trinajstić information content (AvgIpc) is 3.55. The van der Waals surface area contributed by atoms with E-state index in [1.54, 1.807) is 12.3 Å². The summed E-state index contributed by atoms with van der Waals surface area (Å²) in [5, 5.41) is 27.5. The van der Waals surface area contributed by atoms with Crippen molar-refractivity contribution in [3.63, 3.8) is 0 Å². The number of benzene rings is 2. The Labute approximate surface area is 247 Å². The van der Waals surface area contributed by atoms with Crippen molar-refractivity contribution in [3.05, 3.63) is 74.6 Å². The lowest BCUT2D eigenvalue weighted by Gasteiger charge is -2.34. The second-order valence-corrected chi connectivity index (χ2v) is 11.5. The van der Waals surface area contributed by atoms with E-state index in [9.17, 15) is 14.9 Å². The van der Waals surface area contributed by atoms with Crippen molar-refractivity contribution in [3.8, 4) is 22.9 Å². The summed E-state index contributed by atoms with van der Waals surface area (Å²) in [7, 11) is 2.05. The highest BCUT2D eigenvalue weighted by atomic mass is 32.2. The van der Waals surface area contributed by atoms with Gasteiger partial charge in [0, 0.05) is 61.5 Å². The molecule has 0 radical (unpaired) electrons. The lowest BCUT2D eigenvalue weighted by atomic mass is 10.1. The second-order valence-electron chi connectivity index (χ2n) is 10.6. The number of halogens is 1. The predicted octanol–water partition coefficient (Wildman–Crippen LogP) is 4.53. The van der Waals surface area contributed by atoms with Crippen LogP contribution in [0, 0.1) is 15.9 Å². The van der Waals surface area contributed by atoms with Crippen molar-refractivity contribution >= 4 is 34.0 Å². The monoisotopic (exact) mass is 604 g/mol. The highest BCUT2D eigenvalue weighted by Gasteiger charge is 2.28. The molecule has 43 heavy (non-hydrogen) atoms. The number of anilines is 1. The molecule has 3 aromatic heterocycles. The van der Waals surface area contributed by atoms with Crippen LogP contribution in [0.1, 0.15) is 24.8 Å². The van der Waals surface area contributed by atoms with Gasteiger partial charge in [-0.1, -0.05) is 11.8 Å². The third-order valence-corrected chi connectivity index (χ3v) is 8.44. The largest absolute Gasteiger partial charge is 0.420 e. The highest BCUT2D eigenvalue weighted by molar-refractivity contribution is 7.98. The number of hydrogen-bond acceptors (Lipinski definition) is 12. The fraction of sp³-hybridized carbons (Fsp3) is 0.321. The number of nitrogens with zero attached hydrogens (tertiary/aromatic N) is 8. The van der Waals surface area contributed by atoms with Gasteiger partial charge >= 0.3 is 0 Å². The Bertz CT molecular complexity index is 1890. The summed E-state index contributed by atoms with van der Waals surface area (Å²) in [6.45, 7) is 3.12. The van der Waals surface area contributed by atoms with Crippen LogP contribution in [-0.4, -0.2) is 68.0 Å². The number of non-ortho nitro benzene ring substituents is 1. The number of piperazine rings is 1. The second kappa shape index (κ2) is 10.9. The van der Waals surface area contributed by atoms with Gasteiger partial charge in [-0.2, -0.15) is 0 Å². The maximum Gasteiger partial charge on any atom is 0.277 e. The van der Waals surface area contributed by atoms with Crippen LogP contribution in [0.5, 0.6) is 0 Å². The molecule has 1 saturated heterocycles. The summed E-state index contributed by atoms with van der Waals surface area (Å²) >= 11 is 1.15. The highest BCUT2D eigenvalue weighted by Crippen LogP contribution is 2.39. The minimum atomic E-state index is -0.485. The Morgan fingerprint density at radius 3 is 2.49 bits per heavy atom. The Kier molecular flexibility index (Phi) is 6.89. The van der Waals surface area contributed by atoms with Crippen LogP contribution in [0.25, 0.3) is 33.8 Å². The maximum absolute atomic E-state index is 15.4. The van der Waals surface area contributed by atoms with E-state index in [0.29, 0.717) is 16.8 Å². The summed E-state index contributed by atoms with van der Waals surface area (Å²) in [6, 6.07) is 9.12. The zero-order valence-corrected chi connectivity index (χ0v) is 23.8. The molecule has 0 bridgehead atoms. The van der Waals surface area contributed by atoms with Gasteiger partial charge in [0.05, 0.1) is 21.9 Å². The Morgan fingerprint density at radius 2 is 1.77 bits per heavy atom. The molecule has 15 heteroatoms. The van der Waals surface area contributed by atoms with Crippen molar-refractivity contribution in [2.75, 3.05) is 38.1 Å². The van der Waals surface area contributed by atoms with Crippen LogP contribution in [0.3, 0.4) is 0 Å². The molecule has 0 unspecified atom stereocenters. The van der Waals surface area contributed by atoms with Crippen molar-refractivity contribution in [2.45, 2.75) is 29.9 Å². The van der Waals surface area contributed by atoms with Crippen LogP contribution in [0.4, 0.5) is 15.8 Å². The fourth-order valence-corrected chi connectivity index (χ4v) is 5.71. The fourth-order valence-electron chi connectivity index (χ4n) is 5.11. The minimum Gasteiger partial charge on any atom is -0.420 e. The van der Waals surface area contributed by atoms with Crippen molar-refractivity contribution in [2.24, 2.45) is 0 Å². The van der Waals surface area contributed by atoms with E-state index in [1.807, 2.05) is 16.5 Å². The van der Waals surface area contributed by atoms with Crippen LogP contribution in [0.2, 0.25) is 0 Å². The summed E-state index contributed by atoms with van der Waals surface area (Å²) in [5.41, 5.74) is 1.55. The van der Waals surface area contributed by atoms with Gasteiger partial charge in [0.1, 0.15) is 11.4 Å². The van der Waals surface area contributed by atoms with Crippen molar-refractivity contribution < 1.29 is 18.1 Å². The minimum absolute atomic E-state index is 0.0397. The molecule has 2 aliphatic rings. The lowest BCUT2D eigenvalue weighted by Crippen LogP contribution is -2.44. The van der Waals surface area contributed by atoms with Gasteiger partial charge in [0.2, 0.25) is 17.2 Å². The van der Waals surface area contributed by atoms with Crippen LogP contribution >= 0.6 is 11.8 Å².